The van der Waals surface area contributed by atoms with Crippen molar-refractivity contribution in [2.24, 2.45) is 11.8 Å². The van der Waals surface area contributed by atoms with Crippen LogP contribution in [-0.2, 0) is 0 Å². The first-order valence-corrected chi connectivity index (χ1v) is 9.51. The normalized spacial score (nSPS) is 24.0. The second kappa shape index (κ2) is 8.55. The van der Waals surface area contributed by atoms with Crippen LogP contribution in [0.1, 0.15) is 64.0 Å². The van der Waals surface area contributed by atoms with Gasteiger partial charge in [-0.2, -0.15) is 0 Å². The molecule has 1 fully saturated rings. The Morgan fingerprint density at radius 2 is 2.14 bits per heavy atom. The minimum absolute atomic E-state index is 0.393. The van der Waals surface area contributed by atoms with Gasteiger partial charge < -0.3 is 5.32 Å². The molecule has 0 aliphatic heterocycles. The number of benzene rings is 1. The van der Waals surface area contributed by atoms with Crippen LogP contribution in [0.15, 0.2) is 22.7 Å². The topological polar surface area (TPSA) is 12.0 Å². The summed E-state index contributed by atoms with van der Waals surface area (Å²) in [5.41, 5.74) is 1.27. The molecule has 1 N–H and O–H groups in total. The minimum atomic E-state index is 0.393. The molecule has 1 aromatic rings. The number of halogens is 2. The Morgan fingerprint density at radius 3 is 2.86 bits per heavy atom. The van der Waals surface area contributed by atoms with Gasteiger partial charge in [0.1, 0.15) is 0 Å². The second-order valence-electron chi connectivity index (χ2n) is 6.28. The van der Waals surface area contributed by atoms with Gasteiger partial charge in [-0.05, 0) is 65.2 Å². The number of hydrogen-bond donors (Lipinski definition) is 1. The van der Waals surface area contributed by atoms with Crippen molar-refractivity contribution >= 4 is 27.5 Å². The maximum atomic E-state index is 6.57. The number of rotatable bonds is 6. The maximum absolute atomic E-state index is 6.57. The zero-order chi connectivity index (χ0) is 15.2. The van der Waals surface area contributed by atoms with Gasteiger partial charge in [0, 0.05) is 10.5 Å². The first kappa shape index (κ1) is 17.3. The molecule has 1 aromatic carbocycles. The zero-order valence-corrected chi connectivity index (χ0v) is 15.5. The second-order valence-corrected chi connectivity index (χ2v) is 7.51. The third kappa shape index (κ3) is 4.46. The van der Waals surface area contributed by atoms with Gasteiger partial charge in [0.2, 0.25) is 0 Å². The average molecular weight is 373 g/mol. The summed E-state index contributed by atoms with van der Waals surface area (Å²) in [7, 11) is 0. The van der Waals surface area contributed by atoms with E-state index >= 15 is 0 Å². The highest BCUT2D eigenvalue weighted by Gasteiger charge is 2.29. The molecule has 118 valence electrons. The summed E-state index contributed by atoms with van der Waals surface area (Å²) in [6.45, 7) is 5.61. The molecule has 1 saturated carbocycles. The fourth-order valence-corrected chi connectivity index (χ4v) is 4.22. The molecule has 1 nitrogen and oxygen atoms in total. The van der Waals surface area contributed by atoms with Gasteiger partial charge in [0.15, 0.2) is 0 Å². The zero-order valence-electron chi connectivity index (χ0n) is 13.2. The Bertz CT molecular complexity index is 449. The summed E-state index contributed by atoms with van der Waals surface area (Å²) in [5, 5.41) is 4.64. The molecule has 0 amide bonds. The molecule has 2 rings (SSSR count). The van der Waals surface area contributed by atoms with Crippen LogP contribution < -0.4 is 5.32 Å². The monoisotopic (exact) mass is 371 g/mol. The standard InChI is InChI=1S/C18H27BrClN/c1-3-11-21-18(14-8-5-7-13(4-2)12-14)15-9-6-10-16(19)17(15)20/h6,9-10,13-14,18,21H,3-5,7-8,11-12H2,1-2H3. The van der Waals surface area contributed by atoms with E-state index in [0.29, 0.717) is 12.0 Å². The smallest absolute Gasteiger partial charge is 0.0595 e. The summed E-state index contributed by atoms with van der Waals surface area (Å²) < 4.78 is 1.01. The van der Waals surface area contributed by atoms with E-state index in [1.54, 1.807) is 0 Å². The molecular weight excluding hydrogens is 346 g/mol. The van der Waals surface area contributed by atoms with E-state index in [4.69, 9.17) is 11.6 Å². The lowest BCUT2D eigenvalue weighted by Gasteiger charge is -2.35. The third-order valence-corrected chi connectivity index (χ3v) is 6.11. The van der Waals surface area contributed by atoms with Crippen molar-refractivity contribution in [2.75, 3.05) is 6.54 Å². The maximum Gasteiger partial charge on any atom is 0.0595 e. The fourth-order valence-electron chi connectivity index (χ4n) is 3.60. The Morgan fingerprint density at radius 1 is 1.33 bits per heavy atom. The highest BCUT2D eigenvalue weighted by atomic mass is 79.9. The lowest BCUT2D eigenvalue weighted by Crippen LogP contribution is -2.32. The molecule has 0 radical (unpaired) electrons. The quantitative estimate of drug-likeness (QED) is 0.612. The van der Waals surface area contributed by atoms with Gasteiger partial charge in [-0.15, -0.1) is 0 Å². The predicted molar refractivity (Wildman–Crippen MR) is 95.9 cm³/mol. The molecular formula is C18H27BrClN. The van der Waals surface area contributed by atoms with Crippen molar-refractivity contribution in [3.63, 3.8) is 0 Å². The van der Waals surface area contributed by atoms with Crippen LogP contribution >= 0.6 is 27.5 Å². The van der Waals surface area contributed by atoms with E-state index in [1.165, 1.54) is 37.7 Å². The molecule has 0 bridgehead atoms. The van der Waals surface area contributed by atoms with Gasteiger partial charge in [0.25, 0.3) is 0 Å². The first-order chi connectivity index (χ1) is 10.2. The van der Waals surface area contributed by atoms with E-state index < -0.39 is 0 Å². The van der Waals surface area contributed by atoms with E-state index in [9.17, 15) is 0 Å². The van der Waals surface area contributed by atoms with Gasteiger partial charge >= 0.3 is 0 Å². The van der Waals surface area contributed by atoms with Crippen molar-refractivity contribution in [1.82, 2.24) is 5.32 Å². The molecule has 0 heterocycles. The average Bonchev–Trinajstić information content (AvgIpc) is 2.52. The summed E-state index contributed by atoms with van der Waals surface area (Å²) in [6, 6.07) is 6.71. The Kier molecular flexibility index (Phi) is 7.04. The van der Waals surface area contributed by atoms with Crippen LogP contribution in [0.25, 0.3) is 0 Å². The van der Waals surface area contributed by atoms with E-state index in [2.05, 4.69) is 47.2 Å². The molecule has 3 atom stereocenters. The lowest BCUT2D eigenvalue weighted by molar-refractivity contribution is 0.209. The van der Waals surface area contributed by atoms with Gasteiger partial charge in [-0.25, -0.2) is 0 Å². The van der Waals surface area contributed by atoms with Crippen LogP contribution in [0, 0.1) is 11.8 Å². The molecule has 21 heavy (non-hydrogen) atoms. The van der Waals surface area contributed by atoms with Crippen LogP contribution in [-0.4, -0.2) is 6.54 Å². The Hall–Kier alpha value is -0.0500. The molecule has 0 saturated heterocycles. The fraction of sp³-hybridized carbons (Fsp3) is 0.667. The molecule has 1 aliphatic carbocycles. The van der Waals surface area contributed by atoms with Gasteiger partial charge in [0.05, 0.1) is 5.02 Å². The largest absolute Gasteiger partial charge is 0.310 e. The van der Waals surface area contributed by atoms with Crippen molar-refractivity contribution in [3.8, 4) is 0 Å². The molecule has 1 aliphatic rings. The van der Waals surface area contributed by atoms with E-state index in [-0.39, 0.29) is 0 Å². The Balaban J connectivity index is 2.23. The van der Waals surface area contributed by atoms with Gasteiger partial charge in [-0.3, -0.25) is 0 Å². The molecule has 3 unspecified atom stereocenters. The van der Waals surface area contributed by atoms with Crippen LogP contribution in [0.5, 0.6) is 0 Å². The third-order valence-electron chi connectivity index (χ3n) is 4.80. The van der Waals surface area contributed by atoms with E-state index in [0.717, 1.165) is 28.4 Å². The molecule has 0 spiro atoms. The van der Waals surface area contributed by atoms with Crippen molar-refractivity contribution in [3.05, 3.63) is 33.3 Å². The number of nitrogens with one attached hydrogen (secondary N) is 1. The lowest BCUT2D eigenvalue weighted by atomic mass is 9.75. The predicted octanol–water partition coefficient (Wildman–Crippen LogP) is 6.36. The van der Waals surface area contributed by atoms with Crippen LogP contribution in [0.3, 0.4) is 0 Å². The summed E-state index contributed by atoms with van der Waals surface area (Å²) in [4.78, 5) is 0. The highest BCUT2D eigenvalue weighted by Crippen LogP contribution is 2.41. The molecule has 3 heteroatoms. The van der Waals surface area contributed by atoms with Gasteiger partial charge in [-0.1, -0.05) is 56.8 Å². The summed E-state index contributed by atoms with van der Waals surface area (Å²) >= 11 is 10.1. The van der Waals surface area contributed by atoms with Crippen molar-refractivity contribution in [2.45, 2.75) is 58.4 Å². The number of hydrogen-bond acceptors (Lipinski definition) is 1. The van der Waals surface area contributed by atoms with Crippen molar-refractivity contribution in [1.29, 1.82) is 0 Å². The summed E-state index contributed by atoms with van der Waals surface area (Å²) in [5.74, 6) is 1.60. The molecule has 0 aromatic heterocycles. The highest BCUT2D eigenvalue weighted by molar-refractivity contribution is 9.10. The van der Waals surface area contributed by atoms with Crippen molar-refractivity contribution < 1.29 is 0 Å². The first-order valence-electron chi connectivity index (χ1n) is 8.34. The Labute approximate surface area is 143 Å². The summed E-state index contributed by atoms with van der Waals surface area (Å²) in [6.07, 6.45) is 7.88. The van der Waals surface area contributed by atoms with Crippen LogP contribution in [0.4, 0.5) is 0 Å². The van der Waals surface area contributed by atoms with Crippen LogP contribution in [0.2, 0.25) is 5.02 Å². The minimum Gasteiger partial charge on any atom is -0.310 e. The SMILES string of the molecule is CCCNC(c1cccc(Br)c1Cl)C1CCCC(CC)C1. The van der Waals surface area contributed by atoms with E-state index in [1.807, 2.05) is 6.07 Å².